The third-order valence-electron chi connectivity index (χ3n) is 3.82. The molecule has 0 aromatic rings. The minimum absolute atomic E-state index is 0.0421. The fourth-order valence-electron chi connectivity index (χ4n) is 2.19. The van der Waals surface area contributed by atoms with Gasteiger partial charge < -0.3 is 35.2 Å². The number of aliphatic hydroxyl groups is 4. The first kappa shape index (κ1) is 18.2. The van der Waals surface area contributed by atoms with Crippen molar-refractivity contribution in [2.75, 3.05) is 19.8 Å². The van der Waals surface area contributed by atoms with Crippen LogP contribution in [0.3, 0.4) is 0 Å². The van der Waals surface area contributed by atoms with Gasteiger partial charge in [0.1, 0.15) is 24.4 Å². The first-order valence-corrected chi connectivity index (χ1v) is 7.49. The fourth-order valence-corrected chi connectivity index (χ4v) is 2.19. The van der Waals surface area contributed by atoms with Gasteiger partial charge in [0.2, 0.25) is 5.91 Å². The molecule has 0 radical (unpaired) electrons. The van der Waals surface area contributed by atoms with E-state index in [9.17, 15) is 20.1 Å². The summed E-state index contributed by atoms with van der Waals surface area (Å²) in [5.41, 5.74) is -0.413. The zero-order chi connectivity index (χ0) is 17.0. The van der Waals surface area contributed by atoms with E-state index in [-0.39, 0.29) is 19.1 Å². The molecule has 2 heterocycles. The fraction of sp³-hybridized carbons (Fsp3) is 0.923. The van der Waals surface area contributed by atoms with E-state index in [1.807, 2.05) is 6.92 Å². The van der Waals surface area contributed by atoms with Gasteiger partial charge in [0.05, 0.1) is 13.2 Å². The molecule has 2 rings (SSSR count). The smallest absolute Gasteiger partial charge is 0.220 e. The Balaban J connectivity index is 1.63. The maximum atomic E-state index is 11.6. The van der Waals surface area contributed by atoms with E-state index in [1.165, 1.54) is 0 Å². The van der Waals surface area contributed by atoms with Crippen molar-refractivity contribution in [3.63, 3.8) is 0 Å². The topological polar surface area (TPSA) is 153 Å². The van der Waals surface area contributed by atoms with Crippen LogP contribution in [-0.2, 0) is 14.3 Å². The van der Waals surface area contributed by atoms with Crippen LogP contribution in [0.1, 0.15) is 19.8 Å². The maximum Gasteiger partial charge on any atom is 0.220 e. The van der Waals surface area contributed by atoms with E-state index in [1.54, 1.807) is 0 Å². The number of aliphatic hydroxyl groups excluding tert-OH is 4. The standard InChI is InChI=1S/C13H23N3O7/c1-13(15-16-13)3-2-8(18)14-4-5-22-12-11(21)10(20)9(19)7(6-17)23-12/h7,9-12,17,19-21H,2-6H2,1H3,(H,14,18)/t7-,9-,10+,11+,12+/m1/s1. The van der Waals surface area contributed by atoms with Gasteiger partial charge in [-0.15, -0.1) is 0 Å². The first-order chi connectivity index (χ1) is 10.9. The van der Waals surface area contributed by atoms with E-state index >= 15 is 0 Å². The molecule has 0 bridgehead atoms. The van der Waals surface area contributed by atoms with Crippen molar-refractivity contribution in [3.05, 3.63) is 0 Å². The van der Waals surface area contributed by atoms with Gasteiger partial charge in [-0.2, -0.15) is 10.2 Å². The highest BCUT2D eigenvalue weighted by Gasteiger charge is 2.43. The second-order valence-electron chi connectivity index (χ2n) is 5.84. The SMILES string of the molecule is CC1(CCC(=O)NCCO[C@H]2O[C@H](CO)[C@@H](O)[C@H](O)[C@@H]2O)N=N1. The molecule has 0 saturated carbocycles. The molecule has 10 nitrogen and oxygen atoms in total. The molecule has 0 aliphatic carbocycles. The van der Waals surface area contributed by atoms with Gasteiger partial charge in [0, 0.05) is 19.4 Å². The minimum atomic E-state index is -1.48. The van der Waals surface area contributed by atoms with Crippen LogP contribution in [0.2, 0.25) is 0 Å². The van der Waals surface area contributed by atoms with Crippen molar-refractivity contribution in [3.8, 4) is 0 Å². The van der Waals surface area contributed by atoms with Crippen LogP contribution in [0, 0.1) is 0 Å². The lowest BCUT2D eigenvalue weighted by Crippen LogP contribution is -2.59. The number of amides is 1. The third-order valence-corrected chi connectivity index (χ3v) is 3.82. The summed E-state index contributed by atoms with van der Waals surface area (Å²) in [5.74, 6) is -0.166. The number of hydrogen-bond acceptors (Lipinski definition) is 9. The van der Waals surface area contributed by atoms with Crippen LogP contribution < -0.4 is 5.32 Å². The van der Waals surface area contributed by atoms with Gasteiger partial charge in [-0.25, -0.2) is 0 Å². The van der Waals surface area contributed by atoms with E-state index in [0.29, 0.717) is 12.8 Å². The summed E-state index contributed by atoms with van der Waals surface area (Å²) in [4.78, 5) is 11.6. The lowest BCUT2D eigenvalue weighted by Gasteiger charge is -2.39. The second-order valence-corrected chi connectivity index (χ2v) is 5.84. The predicted molar refractivity (Wildman–Crippen MR) is 75.2 cm³/mol. The van der Waals surface area contributed by atoms with Crippen molar-refractivity contribution in [1.82, 2.24) is 5.32 Å². The Morgan fingerprint density at radius 2 is 1.96 bits per heavy atom. The van der Waals surface area contributed by atoms with Crippen molar-refractivity contribution < 1.29 is 34.7 Å². The Kier molecular flexibility index (Phi) is 6.00. The number of rotatable bonds is 8. The largest absolute Gasteiger partial charge is 0.394 e. The van der Waals surface area contributed by atoms with E-state index in [0.717, 1.165) is 0 Å². The second kappa shape index (κ2) is 7.60. The maximum absolute atomic E-state index is 11.6. The molecule has 2 aliphatic rings. The monoisotopic (exact) mass is 333 g/mol. The normalized spacial score (nSPS) is 35.1. The molecule has 23 heavy (non-hydrogen) atoms. The van der Waals surface area contributed by atoms with Crippen LogP contribution in [0.4, 0.5) is 0 Å². The summed E-state index contributed by atoms with van der Waals surface area (Å²) in [5, 5.41) is 48.3. The zero-order valence-corrected chi connectivity index (χ0v) is 12.8. The average molecular weight is 333 g/mol. The van der Waals surface area contributed by atoms with Crippen LogP contribution >= 0.6 is 0 Å². The zero-order valence-electron chi connectivity index (χ0n) is 12.8. The molecule has 0 aromatic heterocycles. The average Bonchev–Trinajstić information content (AvgIpc) is 3.27. The van der Waals surface area contributed by atoms with Crippen LogP contribution in [0.15, 0.2) is 10.2 Å². The van der Waals surface area contributed by atoms with Gasteiger partial charge in [0.25, 0.3) is 0 Å². The minimum Gasteiger partial charge on any atom is -0.394 e. The molecular weight excluding hydrogens is 310 g/mol. The van der Waals surface area contributed by atoms with E-state index in [4.69, 9.17) is 14.6 Å². The number of nitrogens with zero attached hydrogens (tertiary/aromatic N) is 2. The summed E-state index contributed by atoms with van der Waals surface area (Å²) in [7, 11) is 0. The van der Waals surface area contributed by atoms with Crippen molar-refractivity contribution >= 4 is 5.91 Å². The molecule has 1 fully saturated rings. The molecule has 0 aromatic carbocycles. The molecule has 5 N–H and O–H groups in total. The van der Waals surface area contributed by atoms with Crippen molar-refractivity contribution in [2.24, 2.45) is 10.2 Å². The van der Waals surface area contributed by atoms with Gasteiger partial charge in [-0.3, -0.25) is 4.79 Å². The Bertz CT molecular complexity index is 439. The molecule has 5 atom stereocenters. The van der Waals surface area contributed by atoms with Gasteiger partial charge >= 0.3 is 0 Å². The number of ether oxygens (including phenoxy) is 2. The quantitative estimate of drug-likeness (QED) is 0.318. The summed E-state index contributed by atoms with van der Waals surface area (Å²) < 4.78 is 10.4. The molecule has 132 valence electrons. The van der Waals surface area contributed by atoms with E-state index in [2.05, 4.69) is 15.5 Å². The first-order valence-electron chi connectivity index (χ1n) is 7.49. The Morgan fingerprint density at radius 3 is 2.57 bits per heavy atom. The molecule has 10 heteroatoms. The highest BCUT2D eigenvalue weighted by atomic mass is 16.7. The van der Waals surface area contributed by atoms with E-state index < -0.39 is 43.0 Å². The summed E-state index contributed by atoms with van der Waals surface area (Å²) >= 11 is 0. The molecule has 2 aliphatic heterocycles. The Morgan fingerprint density at radius 1 is 1.26 bits per heavy atom. The van der Waals surface area contributed by atoms with Gasteiger partial charge in [-0.05, 0) is 6.92 Å². The molecule has 0 spiro atoms. The van der Waals surface area contributed by atoms with Crippen LogP contribution in [0.5, 0.6) is 0 Å². The highest BCUT2D eigenvalue weighted by molar-refractivity contribution is 5.75. The van der Waals surface area contributed by atoms with Crippen molar-refractivity contribution in [2.45, 2.75) is 56.1 Å². The molecule has 1 saturated heterocycles. The number of carbonyl (C=O) groups is 1. The highest BCUT2D eigenvalue weighted by Crippen LogP contribution is 2.31. The van der Waals surface area contributed by atoms with Gasteiger partial charge in [0.15, 0.2) is 12.0 Å². The third kappa shape index (κ3) is 4.90. The molecular formula is C13H23N3O7. The molecule has 1 amide bonds. The number of hydrogen-bond donors (Lipinski definition) is 5. The summed E-state index contributed by atoms with van der Waals surface area (Å²) in [6.07, 6.45) is -5.70. The Labute approximate surface area is 133 Å². The number of carbonyl (C=O) groups excluding carboxylic acids is 1. The lowest BCUT2D eigenvalue weighted by molar-refractivity contribution is -0.300. The van der Waals surface area contributed by atoms with Crippen molar-refractivity contribution in [1.29, 1.82) is 0 Å². The predicted octanol–water partition coefficient (Wildman–Crippen LogP) is -2.12. The summed E-state index contributed by atoms with van der Waals surface area (Å²) in [6.45, 7) is 1.55. The summed E-state index contributed by atoms with van der Waals surface area (Å²) in [6, 6.07) is 0. The van der Waals surface area contributed by atoms with Crippen LogP contribution in [0.25, 0.3) is 0 Å². The van der Waals surface area contributed by atoms with Gasteiger partial charge in [-0.1, -0.05) is 0 Å². The van der Waals surface area contributed by atoms with Crippen LogP contribution in [-0.4, -0.2) is 82.5 Å². The lowest BCUT2D eigenvalue weighted by atomic mass is 9.99. The molecule has 0 unspecified atom stereocenters. The number of nitrogens with one attached hydrogen (secondary N) is 1. The Hall–Kier alpha value is -1.17.